The molecular weight excluding hydrogens is 264 g/mol. The molecule has 2 rings (SSSR count). The van der Waals surface area contributed by atoms with Crippen LogP contribution in [-0.4, -0.2) is 54.6 Å². The van der Waals surface area contributed by atoms with E-state index >= 15 is 0 Å². The van der Waals surface area contributed by atoms with Crippen molar-refractivity contribution in [3.63, 3.8) is 0 Å². The first kappa shape index (κ1) is 15.8. The molecule has 116 valence electrons. The number of piperazine rings is 1. The van der Waals surface area contributed by atoms with Crippen LogP contribution in [0.25, 0.3) is 0 Å². The highest BCUT2D eigenvalue weighted by molar-refractivity contribution is 5.78. The van der Waals surface area contributed by atoms with Crippen LogP contribution in [0.5, 0.6) is 0 Å². The van der Waals surface area contributed by atoms with Gasteiger partial charge < -0.3 is 10.2 Å². The van der Waals surface area contributed by atoms with E-state index in [9.17, 15) is 4.79 Å². The van der Waals surface area contributed by atoms with Gasteiger partial charge in [0.05, 0.1) is 6.54 Å². The number of carbonyl (C=O) groups excluding carboxylic acids is 1. The maximum atomic E-state index is 12.0. The van der Waals surface area contributed by atoms with Gasteiger partial charge >= 0.3 is 0 Å². The summed E-state index contributed by atoms with van der Waals surface area (Å²) in [5.41, 5.74) is 0. The lowest BCUT2D eigenvalue weighted by Gasteiger charge is -2.35. The lowest BCUT2D eigenvalue weighted by Crippen LogP contribution is -2.50. The zero-order valence-corrected chi connectivity index (χ0v) is 13.1. The predicted molar refractivity (Wildman–Crippen MR) is 85.4 cm³/mol. The molecular formula is C16H26N4O. The molecule has 1 aliphatic heterocycles. The zero-order chi connectivity index (χ0) is 15.1. The van der Waals surface area contributed by atoms with Crippen LogP contribution in [0.15, 0.2) is 24.4 Å². The molecule has 0 bridgehead atoms. The third-order valence-electron chi connectivity index (χ3n) is 3.84. The first-order chi connectivity index (χ1) is 10.2. The molecule has 0 unspecified atom stereocenters. The standard InChI is InChI=1S/C16H26N4O/c1-3-6-14(2)18-16(21)13-19-9-11-20(12-10-19)15-7-4-5-8-17-15/h4-5,7-8,14H,3,6,9-13H2,1-2H3,(H,18,21)/t14-/m0/s1. The van der Waals surface area contributed by atoms with Gasteiger partial charge in [-0.05, 0) is 25.5 Å². The Labute approximate surface area is 127 Å². The Morgan fingerprint density at radius 2 is 2.10 bits per heavy atom. The summed E-state index contributed by atoms with van der Waals surface area (Å²) < 4.78 is 0. The van der Waals surface area contributed by atoms with Gasteiger partial charge in [-0.1, -0.05) is 19.4 Å². The van der Waals surface area contributed by atoms with Crippen molar-refractivity contribution >= 4 is 11.7 Å². The van der Waals surface area contributed by atoms with Crippen LogP contribution < -0.4 is 10.2 Å². The van der Waals surface area contributed by atoms with Crippen LogP contribution in [0, 0.1) is 0 Å². The van der Waals surface area contributed by atoms with Crippen LogP contribution in [0.3, 0.4) is 0 Å². The first-order valence-corrected chi connectivity index (χ1v) is 7.86. The number of nitrogens with zero attached hydrogens (tertiary/aromatic N) is 3. The molecule has 1 amide bonds. The number of amides is 1. The molecule has 1 fully saturated rings. The summed E-state index contributed by atoms with van der Waals surface area (Å²) in [6, 6.07) is 6.26. The number of pyridine rings is 1. The Kier molecular flexibility index (Phi) is 5.99. The van der Waals surface area contributed by atoms with Crippen molar-refractivity contribution in [1.29, 1.82) is 0 Å². The lowest BCUT2D eigenvalue weighted by molar-refractivity contribution is -0.122. The lowest BCUT2D eigenvalue weighted by atomic mass is 10.2. The summed E-state index contributed by atoms with van der Waals surface area (Å²) in [7, 11) is 0. The molecule has 0 aromatic carbocycles. The monoisotopic (exact) mass is 290 g/mol. The van der Waals surface area contributed by atoms with Crippen LogP contribution in [0.1, 0.15) is 26.7 Å². The fourth-order valence-electron chi connectivity index (χ4n) is 2.70. The average molecular weight is 290 g/mol. The van der Waals surface area contributed by atoms with E-state index in [0.717, 1.165) is 44.8 Å². The van der Waals surface area contributed by atoms with E-state index in [-0.39, 0.29) is 11.9 Å². The molecule has 5 heteroatoms. The van der Waals surface area contributed by atoms with Crippen molar-refractivity contribution in [1.82, 2.24) is 15.2 Å². The SMILES string of the molecule is CCC[C@H](C)NC(=O)CN1CCN(c2ccccn2)CC1. The van der Waals surface area contributed by atoms with Gasteiger partial charge in [-0.15, -0.1) is 0 Å². The number of rotatable bonds is 6. The van der Waals surface area contributed by atoms with Crippen LogP contribution in [0.4, 0.5) is 5.82 Å². The molecule has 21 heavy (non-hydrogen) atoms. The zero-order valence-electron chi connectivity index (χ0n) is 13.1. The molecule has 1 aromatic heterocycles. The van der Waals surface area contributed by atoms with Crippen molar-refractivity contribution in [3.05, 3.63) is 24.4 Å². The Balaban J connectivity index is 1.73. The minimum absolute atomic E-state index is 0.141. The third-order valence-corrected chi connectivity index (χ3v) is 3.84. The molecule has 0 aliphatic carbocycles. The molecule has 2 heterocycles. The van der Waals surface area contributed by atoms with Gasteiger partial charge in [0.15, 0.2) is 0 Å². The molecule has 0 spiro atoms. The Bertz CT molecular complexity index is 429. The van der Waals surface area contributed by atoms with E-state index in [1.54, 1.807) is 0 Å². The molecule has 1 N–H and O–H groups in total. The summed E-state index contributed by atoms with van der Waals surface area (Å²) >= 11 is 0. The average Bonchev–Trinajstić information content (AvgIpc) is 2.49. The highest BCUT2D eigenvalue weighted by Crippen LogP contribution is 2.12. The number of hydrogen-bond acceptors (Lipinski definition) is 4. The highest BCUT2D eigenvalue weighted by atomic mass is 16.2. The fraction of sp³-hybridized carbons (Fsp3) is 0.625. The maximum absolute atomic E-state index is 12.0. The van der Waals surface area contributed by atoms with Gasteiger partial charge in [-0.2, -0.15) is 0 Å². The third kappa shape index (κ3) is 5.01. The van der Waals surface area contributed by atoms with Crippen LogP contribution >= 0.6 is 0 Å². The summed E-state index contributed by atoms with van der Waals surface area (Å²) in [5, 5.41) is 3.06. The summed E-state index contributed by atoms with van der Waals surface area (Å²) in [6.45, 7) is 8.38. The molecule has 0 radical (unpaired) electrons. The Hall–Kier alpha value is -1.62. The molecule has 5 nitrogen and oxygen atoms in total. The van der Waals surface area contributed by atoms with Gasteiger partial charge in [0.25, 0.3) is 0 Å². The smallest absolute Gasteiger partial charge is 0.234 e. The molecule has 1 aromatic rings. The van der Waals surface area contributed by atoms with Crippen molar-refractivity contribution in [2.75, 3.05) is 37.6 Å². The highest BCUT2D eigenvalue weighted by Gasteiger charge is 2.20. The molecule has 0 saturated carbocycles. The van der Waals surface area contributed by atoms with Crippen molar-refractivity contribution in [3.8, 4) is 0 Å². The minimum Gasteiger partial charge on any atom is -0.354 e. The van der Waals surface area contributed by atoms with Gasteiger partial charge in [0.2, 0.25) is 5.91 Å². The largest absolute Gasteiger partial charge is 0.354 e. The van der Waals surface area contributed by atoms with E-state index in [1.807, 2.05) is 24.4 Å². The molecule has 1 saturated heterocycles. The summed E-state index contributed by atoms with van der Waals surface area (Å²) in [4.78, 5) is 20.8. The first-order valence-electron chi connectivity index (χ1n) is 7.86. The van der Waals surface area contributed by atoms with Crippen molar-refractivity contribution < 1.29 is 4.79 Å². The van der Waals surface area contributed by atoms with Gasteiger partial charge in [-0.3, -0.25) is 9.69 Å². The molecule has 1 atom stereocenters. The number of hydrogen-bond donors (Lipinski definition) is 1. The van der Waals surface area contributed by atoms with E-state index in [2.05, 4.69) is 33.9 Å². The Morgan fingerprint density at radius 3 is 2.71 bits per heavy atom. The van der Waals surface area contributed by atoms with Gasteiger partial charge in [0, 0.05) is 38.4 Å². The van der Waals surface area contributed by atoms with Gasteiger partial charge in [-0.25, -0.2) is 4.98 Å². The summed E-state index contributed by atoms with van der Waals surface area (Å²) in [6.07, 6.45) is 3.97. The normalized spacial score (nSPS) is 17.5. The quantitative estimate of drug-likeness (QED) is 0.863. The summed E-state index contributed by atoms with van der Waals surface area (Å²) in [5.74, 6) is 1.17. The van der Waals surface area contributed by atoms with Crippen LogP contribution in [-0.2, 0) is 4.79 Å². The van der Waals surface area contributed by atoms with Crippen LogP contribution in [0.2, 0.25) is 0 Å². The number of nitrogens with one attached hydrogen (secondary N) is 1. The number of aromatic nitrogens is 1. The second-order valence-electron chi connectivity index (χ2n) is 5.71. The maximum Gasteiger partial charge on any atom is 0.234 e. The number of carbonyl (C=O) groups is 1. The molecule has 1 aliphatic rings. The fourth-order valence-corrected chi connectivity index (χ4v) is 2.70. The predicted octanol–water partition coefficient (Wildman–Crippen LogP) is 1.51. The van der Waals surface area contributed by atoms with E-state index in [1.165, 1.54) is 0 Å². The second kappa shape index (κ2) is 7.98. The minimum atomic E-state index is 0.141. The van der Waals surface area contributed by atoms with Crippen molar-refractivity contribution in [2.45, 2.75) is 32.7 Å². The van der Waals surface area contributed by atoms with Crippen molar-refractivity contribution in [2.24, 2.45) is 0 Å². The Morgan fingerprint density at radius 1 is 1.33 bits per heavy atom. The van der Waals surface area contributed by atoms with E-state index in [4.69, 9.17) is 0 Å². The van der Waals surface area contributed by atoms with E-state index < -0.39 is 0 Å². The number of anilines is 1. The topological polar surface area (TPSA) is 48.5 Å². The second-order valence-corrected chi connectivity index (χ2v) is 5.71. The van der Waals surface area contributed by atoms with E-state index in [0.29, 0.717) is 6.54 Å². The van der Waals surface area contributed by atoms with Gasteiger partial charge in [0.1, 0.15) is 5.82 Å².